The SMILES string of the molecule is CCCCCC(=O)[C@@](C)(c1nc2n(c1O)C(=N)N=N2)c1nc(O)c2n1C(=N)N=N2. The topological polar surface area (TPSA) is 190 Å². The zero-order valence-electron chi connectivity index (χ0n) is 15.7. The van der Waals surface area contributed by atoms with Crippen molar-refractivity contribution in [2.75, 3.05) is 0 Å². The molecular weight excluding hydrogens is 380 g/mol. The second-order valence-electron chi connectivity index (χ2n) is 6.89. The standard InChI is InChI=1S/C16H18N10O3/c1-3-4-5-6-7(27)16(2,8-11(29)26-14(18)23-24-15(26)19-8)12-20-10(28)9-21-22-13(17)25(9)12/h17-18,28-29H,3-6H2,1-2H3/t16-/m0/s1. The van der Waals surface area contributed by atoms with Crippen LogP contribution in [0, 0.1) is 10.8 Å². The van der Waals surface area contributed by atoms with E-state index >= 15 is 0 Å². The average molecular weight is 398 g/mol. The van der Waals surface area contributed by atoms with Crippen molar-refractivity contribution in [2.24, 2.45) is 20.5 Å². The third-order valence-corrected chi connectivity index (χ3v) is 5.05. The fourth-order valence-corrected chi connectivity index (χ4v) is 3.45. The van der Waals surface area contributed by atoms with Crippen molar-refractivity contribution in [3.05, 3.63) is 11.5 Å². The maximum Gasteiger partial charge on any atom is 0.259 e. The van der Waals surface area contributed by atoms with Crippen LogP contribution in [-0.2, 0) is 10.2 Å². The number of nitrogens with one attached hydrogen (secondary N) is 2. The zero-order chi connectivity index (χ0) is 20.9. The Morgan fingerprint density at radius 3 is 2.41 bits per heavy atom. The maximum atomic E-state index is 13.4. The van der Waals surface area contributed by atoms with Crippen LogP contribution in [0.2, 0.25) is 0 Å². The first-order valence-corrected chi connectivity index (χ1v) is 8.99. The number of aromatic hydroxyl groups is 2. The number of carbonyl (C=O) groups is 1. The van der Waals surface area contributed by atoms with Gasteiger partial charge in [0, 0.05) is 6.42 Å². The fraction of sp³-hybridized carbons (Fsp3) is 0.438. The van der Waals surface area contributed by atoms with Gasteiger partial charge in [-0.05, 0) is 13.3 Å². The highest BCUT2D eigenvalue weighted by atomic mass is 16.3. The Hall–Kier alpha value is -3.77. The van der Waals surface area contributed by atoms with E-state index in [1.54, 1.807) is 0 Å². The monoisotopic (exact) mass is 398 g/mol. The normalized spacial score (nSPS) is 16.3. The number of carbonyl (C=O) groups excluding carboxylic acids is 1. The van der Waals surface area contributed by atoms with E-state index in [9.17, 15) is 15.0 Å². The molecule has 2 aliphatic heterocycles. The van der Waals surface area contributed by atoms with E-state index in [4.69, 9.17) is 10.8 Å². The molecule has 0 fully saturated rings. The molecule has 150 valence electrons. The summed E-state index contributed by atoms with van der Waals surface area (Å²) in [5.74, 6) is -2.12. The molecule has 0 aromatic carbocycles. The highest BCUT2D eigenvalue weighted by molar-refractivity contribution is 5.96. The lowest BCUT2D eigenvalue weighted by atomic mass is 9.79. The second kappa shape index (κ2) is 6.39. The third kappa shape index (κ3) is 2.50. The van der Waals surface area contributed by atoms with Gasteiger partial charge < -0.3 is 10.2 Å². The van der Waals surface area contributed by atoms with Gasteiger partial charge in [-0.25, -0.2) is 14.1 Å². The summed E-state index contributed by atoms with van der Waals surface area (Å²) in [7, 11) is 0. The summed E-state index contributed by atoms with van der Waals surface area (Å²) in [6.45, 7) is 3.51. The predicted octanol–water partition coefficient (Wildman–Crippen LogP) is 2.71. The number of hydrogen-bond acceptors (Lipinski definition) is 9. The van der Waals surface area contributed by atoms with E-state index in [-0.39, 0.29) is 47.4 Å². The van der Waals surface area contributed by atoms with Crippen molar-refractivity contribution >= 4 is 29.5 Å². The minimum atomic E-state index is -1.65. The number of unbranched alkanes of at least 4 members (excludes halogenated alkanes) is 2. The van der Waals surface area contributed by atoms with Crippen molar-refractivity contribution in [3.8, 4) is 11.8 Å². The molecule has 0 bridgehead atoms. The van der Waals surface area contributed by atoms with Gasteiger partial charge in [-0.3, -0.25) is 15.6 Å². The van der Waals surface area contributed by atoms with Crippen molar-refractivity contribution < 1.29 is 15.0 Å². The molecule has 0 aliphatic carbocycles. The molecule has 13 heteroatoms. The number of fused-ring (bicyclic) bond motifs is 2. The fourth-order valence-electron chi connectivity index (χ4n) is 3.45. The summed E-state index contributed by atoms with van der Waals surface area (Å²) in [6.07, 6.45) is 2.52. The van der Waals surface area contributed by atoms with Gasteiger partial charge in [-0.15, -0.1) is 20.5 Å². The quantitative estimate of drug-likeness (QED) is 0.520. The van der Waals surface area contributed by atoms with Crippen LogP contribution in [-0.4, -0.2) is 47.0 Å². The van der Waals surface area contributed by atoms with Crippen LogP contribution in [0.1, 0.15) is 51.0 Å². The molecule has 1 atom stereocenters. The van der Waals surface area contributed by atoms with Gasteiger partial charge in [0.05, 0.1) is 0 Å². The Labute approximate surface area is 163 Å². The number of rotatable bonds is 7. The largest absolute Gasteiger partial charge is 0.493 e. The van der Waals surface area contributed by atoms with E-state index in [1.165, 1.54) is 6.92 Å². The number of aromatic nitrogens is 4. The molecule has 2 aromatic heterocycles. The summed E-state index contributed by atoms with van der Waals surface area (Å²) >= 11 is 0. The molecule has 0 saturated heterocycles. The number of Topliss-reactive ketones (excluding diaryl/α,β-unsaturated/α-hetero) is 1. The number of azo groups is 2. The van der Waals surface area contributed by atoms with Crippen molar-refractivity contribution in [3.63, 3.8) is 0 Å². The zero-order valence-corrected chi connectivity index (χ0v) is 15.7. The van der Waals surface area contributed by atoms with Gasteiger partial charge >= 0.3 is 0 Å². The highest BCUT2D eigenvalue weighted by Crippen LogP contribution is 2.45. The first-order chi connectivity index (χ1) is 13.8. The Balaban J connectivity index is 1.92. The van der Waals surface area contributed by atoms with Crippen LogP contribution in [0.25, 0.3) is 0 Å². The number of imidazole rings is 2. The van der Waals surface area contributed by atoms with Gasteiger partial charge in [0.15, 0.2) is 5.78 Å². The van der Waals surface area contributed by atoms with Crippen LogP contribution in [0.15, 0.2) is 20.5 Å². The van der Waals surface area contributed by atoms with Gasteiger partial charge in [-0.2, -0.15) is 4.98 Å². The lowest BCUT2D eigenvalue weighted by molar-refractivity contribution is -0.123. The van der Waals surface area contributed by atoms with E-state index in [2.05, 4.69) is 30.4 Å². The van der Waals surface area contributed by atoms with Crippen LogP contribution >= 0.6 is 0 Å². The molecule has 2 aromatic rings. The smallest absolute Gasteiger partial charge is 0.259 e. The first kappa shape index (κ1) is 18.6. The van der Waals surface area contributed by atoms with Crippen LogP contribution < -0.4 is 0 Å². The molecule has 2 aliphatic rings. The van der Waals surface area contributed by atoms with Crippen LogP contribution in [0.5, 0.6) is 11.8 Å². The molecule has 0 amide bonds. The molecule has 4 heterocycles. The molecule has 29 heavy (non-hydrogen) atoms. The first-order valence-electron chi connectivity index (χ1n) is 8.99. The third-order valence-electron chi connectivity index (χ3n) is 5.05. The Morgan fingerprint density at radius 1 is 1.03 bits per heavy atom. The molecule has 13 nitrogen and oxygen atoms in total. The molecule has 0 unspecified atom stereocenters. The molecule has 4 N–H and O–H groups in total. The molecule has 0 spiro atoms. The molecule has 0 saturated carbocycles. The van der Waals surface area contributed by atoms with Crippen molar-refractivity contribution in [2.45, 2.75) is 44.9 Å². The predicted molar refractivity (Wildman–Crippen MR) is 98.7 cm³/mol. The molecule has 4 rings (SSSR count). The van der Waals surface area contributed by atoms with E-state index in [0.717, 1.165) is 22.0 Å². The summed E-state index contributed by atoms with van der Waals surface area (Å²) in [4.78, 5) is 21.7. The lowest BCUT2D eigenvalue weighted by Crippen LogP contribution is -2.38. The van der Waals surface area contributed by atoms with E-state index in [1.807, 2.05) is 6.92 Å². The second-order valence-corrected chi connectivity index (χ2v) is 6.89. The van der Waals surface area contributed by atoms with Gasteiger partial charge in [0.2, 0.25) is 17.7 Å². The van der Waals surface area contributed by atoms with Crippen molar-refractivity contribution in [1.29, 1.82) is 10.8 Å². The molecular formula is C16H18N10O3. The molecule has 0 radical (unpaired) electrons. The summed E-state index contributed by atoms with van der Waals surface area (Å²) in [5.41, 5.74) is -1.74. The lowest BCUT2D eigenvalue weighted by Gasteiger charge is -2.26. The minimum Gasteiger partial charge on any atom is -0.493 e. The maximum absolute atomic E-state index is 13.4. The Kier molecular flexibility index (Phi) is 4.10. The van der Waals surface area contributed by atoms with Gasteiger partial charge in [0.25, 0.3) is 17.8 Å². The summed E-state index contributed by atoms with van der Waals surface area (Å²) in [5, 5.41) is 51.3. The Bertz CT molecular complexity index is 1120. The van der Waals surface area contributed by atoms with E-state index < -0.39 is 17.2 Å². The number of hydrogen-bond donors (Lipinski definition) is 4. The summed E-state index contributed by atoms with van der Waals surface area (Å²) < 4.78 is 2.14. The highest BCUT2D eigenvalue weighted by Gasteiger charge is 2.49. The number of ketones is 1. The van der Waals surface area contributed by atoms with E-state index in [0.29, 0.717) is 6.42 Å². The average Bonchev–Trinajstić information content (AvgIpc) is 3.41. The number of nitrogens with zero attached hydrogens (tertiary/aromatic N) is 8. The summed E-state index contributed by atoms with van der Waals surface area (Å²) in [6, 6.07) is 0. The van der Waals surface area contributed by atoms with Crippen LogP contribution in [0.3, 0.4) is 0 Å². The Morgan fingerprint density at radius 2 is 1.72 bits per heavy atom. The van der Waals surface area contributed by atoms with Gasteiger partial charge in [-0.1, -0.05) is 19.8 Å². The van der Waals surface area contributed by atoms with Gasteiger partial charge in [0.1, 0.15) is 16.9 Å². The van der Waals surface area contributed by atoms with Crippen LogP contribution in [0.4, 0.5) is 11.8 Å². The van der Waals surface area contributed by atoms with Crippen molar-refractivity contribution in [1.82, 2.24) is 19.1 Å². The minimum absolute atomic E-state index is 0.0444.